The van der Waals surface area contributed by atoms with Crippen molar-refractivity contribution in [1.82, 2.24) is 0 Å². The molecule has 0 aliphatic carbocycles. The van der Waals surface area contributed by atoms with Gasteiger partial charge < -0.3 is 9.64 Å². The molecule has 1 aromatic carbocycles. The fourth-order valence-corrected chi connectivity index (χ4v) is 1.58. The quantitative estimate of drug-likeness (QED) is 0.691. The van der Waals surface area contributed by atoms with Gasteiger partial charge >= 0.3 is 0 Å². The van der Waals surface area contributed by atoms with Crippen LogP contribution in [0, 0.1) is 0 Å². The average molecular weight is 206 g/mol. The van der Waals surface area contributed by atoms with E-state index in [2.05, 4.69) is 4.99 Å². The fourth-order valence-electron chi connectivity index (χ4n) is 1.33. The molecule has 1 aromatic rings. The highest BCUT2D eigenvalue weighted by molar-refractivity contribution is 7.80. The van der Waals surface area contributed by atoms with Gasteiger partial charge in [0, 0.05) is 11.9 Å². The van der Waals surface area contributed by atoms with Crippen molar-refractivity contribution in [2.45, 2.75) is 0 Å². The van der Waals surface area contributed by atoms with Crippen LogP contribution in [-0.2, 0) is 0 Å². The maximum Gasteiger partial charge on any atom is 0.199 e. The SMILES string of the molecule is COc1ccc(N2CC=NC2=S)cc1. The van der Waals surface area contributed by atoms with E-state index in [1.165, 1.54) is 0 Å². The minimum absolute atomic E-state index is 0.621. The summed E-state index contributed by atoms with van der Waals surface area (Å²) in [7, 11) is 1.65. The van der Waals surface area contributed by atoms with Crippen LogP contribution in [0.4, 0.5) is 5.69 Å². The molecule has 72 valence electrons. The molecule has 0 fully saturated rings. The largest absolute Gasteiger partial charge is 0.497 e. The Morgan fingerprint density at radius 3 is 2.57 bits per heavy atom. The molecule has 3 nitrogen and oxygen atoms in total. The van der Waals surface area contributed by atoms with Crippen molar-refractivity contribution in [2.24, 2.45) is 4.99 Å². The number of thiocarbonyl (C=S) groups is 1. The van der Waals surface area contributed by atoms with Gasteiger partial charge in [-0.1, -0.05) is 0 Å². The topological polar surface area (TPSA) is 24.8 Å². The van der Waals surface area contributed by atoms with E-state index in [1.54, 1.807) is 7.11 Å². The van der Waals surface area contributed by atoms with Gasteiger partial charge in [0.2, 0.25) is 0 Å². The van der Waals surface area contributed by atoms with Crippen LogP contribution in [0.3, 0.4) is 0 Å². The fraction of sp³-hybridized carbons (Fsp3) is 0.200. The summed E-state index contributed by atoms with van der Waals surface area (Å²) in [5.41, 5.74) is 1.05. The molecule has 0 saturated heterocycles. The molecule has 0 spiro atoms. The zero-order valence-electron chi connectivity index (χ0n) is 7.80. The van der Waals surface area contributed by atoms with E-state index >= 15 is 0 Å². The van der Waals surface area contributed by atoms with Crippen molar-refractivity contribution in [3.63, 3.8) is 0 Å². The molecule has 0 atom stereocenters. The predicted octanol–water partition coefficient (Wildman–Crippen LogP) is 1.87. The molecule has 0 aromatic heterocycles. The van der Waals surface area contributed by atoms with Crippen LogP contribution in [0.25, 0.3) is 0 Å². The first-order valence-corrected chi connectivity index (χ1v) is 4.70. The molecule has 0 unspecified atom stereocenters. The van der Waals surface area contributed by atoms with E-state index in [-0.39, 0.29) is 0 Å². The van der Waals surface area contributed by atoms with Crippen LogP contribution in [0.5, 0.6) is 5.75 Å². The highest BCUT2D eigenvalue weighted by Gasteiger charge is 2.14. The summed E-state index contributed by atoms with van der Waals surface area (Å²) in [5, 5.41) is 0.621. The number of methoxy groups -OCH3 is 1. The average Bonchev–Trinajstić information content (AvgIpc) is 2.65. The second-order valence-corrected chi connectivity index (χ2v) is 3.27. The highest BCUT2D eigenvalue weighted by Crippen LogP contribution is 2.20. The van der Waals surface area contributed by atoms with E-state index in [4.69, 9.17) is 17.0 Å². The summed E-state index contributed by atoms with van der Waals surface area (Å²) in [4.78, 5) is 6.00. The molecule has 0 N–H and O–H groups in total. The van der Waals surface area contributed by atoms with E-state index < -0.39 is 0 Å². The van der Waals surface area contributed by atoms with Gasteiger partial charge in [-0.15, -0.1) is 0 Å². The lowest BCUT2D eigenvalue weighted by atomic mass is 10.3. The third-order valence-corrected chi connectivity index (χ3v) is 2.41. The molecule has 1 aliphatic rings. The standard InChI is InChI=1S/C10H10N2OS/c1-13-9-4-2-8(3-5-9)12-7-6-11-10(12)14/h2-6H,7H2,1H3. The van der Waals surface area contributed by atoms with Crippen LogP contribution < -0.4 is 9.64 Å². The van der Waals surface area contributed by atoms with Crippen molar-refractivity contribution >= 4 is 29.2 Å². The highest BCUT2D eigenvalue weighted by atomic mass is 32.1. The molecule has 1 heterocycles. The second kappa shape index (κ2) is 3.75. The molecule has 4 heteroatoms. The van der Waals surface area contributed by atoms with E-state index in [9.17, 15) is 0 Å². The van der Waals surface area contributed by atoms with Crippen molar-refractivity contribution in [3.05, 3.63) is 24.3 Å². The van der Waals surface area contributed by atoms with Crippen LogP contribution in [-0.4, -0.2) is 25.0 Å². The van der Waals surface area contributed by atoms with Gasteiger partial charge in [-0.2, -0.15) is 0 Å². The third kappa shape index (κ3) is 1.61. The Morgan fingerprint density at radius 2 is 2.07 bits per heavy atom. The van der Waals surface area contributed by atoms with Gasteiger partial charge in [-0.05, 0) is 36.5 Å². The molecule has 0 saturated carbocycles. The predicted molar refractivity (Wildman–Crippen MR) is 61.4 cm³/mol. The maximum atomic E-state index is 5.08. The van der Waals surface area contributed by atoms with E-state index in [0.29, 0.717) is 5.11 Å². The summed E-state index contributed by atoms with van der Waals surface area (Å²) in [6.45, 7) is 0.755. The Kier molecular flexibility index (Phi) is 2.45. The molecule has 14 heavy (non-hydrogen) atoms. The lowest BCUT2D eigenvalue weighted by Crippen LogP contribution is -2.23. The number of hydrogen-bond donors (Lipinski definition) is 0. The number of ether oxygens (including phenoxy) is 1. The Balaban J connectivity index is 2.21. The normalized spacial score (nSPS) is 14.9. The first kappa shape index (κ1) is 9.15. The molecule has 1 aliphatic heterocycles. The van der Waals surface area contributed by atoms with Crippen molar-refractivity contribution in [3.8, 4) is 5.75 Å². The molecular formula is C10H10N2OS. The third-order valence-electron chi connectivity index (χ3n) is 2.08. The summed E-state index contributed by atoms with van der Waals surface area (Å²) >= 11 is 5.08. The maximum absolute atomic E-state index is 5.08. The molecular weight excluding hydrogens is 196 g/mol. The summed E-state index contributed by atoms with van der Waals surface area (Å²) in [5.74, 6) is 0.847. The summed E-state index contributed by atoms with van der Waals surface area (Å²) in [6.07, 6.45) is 1.81. The van der Waals surface area contributed by atoms with Gasteiger partial charge in [0.1, 0.15) is 5.75 Å². The Hall–Kier alpha value is -1.42. The number of hydrogen-bond acceptors (Lipinski definition) is 2. The Labute approximate surface area is 88.0 Å². The van der Waals surface area contributed by atoms with Gasteiger partial charge in [0.25, 0.3) is 0 Å². The number of nitrogens with zero attached hydrogens (tertiary/aromatic N) is 2. The van der Waals surface area contributed by atoms with Crippen molar-refractivity contribution < 1.29 is 4.74 Å². The summed E-state index contributed by atoms with van der Waals surface area (Å²) in [6, 6.07) is 7.77. The number of benzene rings is 1. The Morgan fingerprint density at radius 1 is 1.36 bits per heavy atom. The van der Waals surface area contributed by atoms with Crippen LogP contribution >= 0.6 is 12.2 Å². The number of rotatable bonds is 2. The molecule has 0 amide bonds. The zero-order chi connectivity index (χ0) is 9.97. The number of aliphatic imine (C=N–C) groups is 1. The first-order valence-electron chi connectivity index (χ1n) is 4.29. The van der Waals surface area contributed by atoms with Crippen LogP contribution in [0.15, 0.2) is 29.3 Å². The van der Waals surface area contributed by atoms with Gasteiger partial charge in [0.15, 0.2) is 5.11 Å². The van der Waals surface area contributed by atoms with Gasteiger partial charge in [-0.25, -0.2) is 4.99 Å². The van der Waals surface area contributed by atoms with Crippen LogP contribution in [0.1, 0.15) is 0 Å². The van der Waals surface area contributed by atoms with Gasteiger partial charge in [-0.3, -0.25) is 0 Å². The smallest absolute Gasteiger partial charge is 0.199 e. The summed E-state index contributed by atoms with van der Waals surface area (Å²) < 4.78 is 5.08. The van der Waals surface area contributed by atoms with Crippen molar-refractivity contribution in [1.29, 1.82) is 0 Å². The van der Waals surface area contributed by atoms with Gasteiger partial charge in [0.05, 0.1) is 13.7 Å². The molecule has 0 radical (unpaired) electrons. The van der Waals surface area contributed by atoms with E-state index in [1.807, 2.05) is 35.4 Å². The monoisotopic (exact) mass is 206 g/mol. The minimum Gasteiger partial charge on any atom is -0.497 e. The van der Waals surface area contributed by atoms with Crippen LogP contribution in [0.2, 0.25) is 0 Å². The zero-order valence-corrected chi connectivity index (χ0v) is 8.62. The second-order valence-electron chi connectivity index (χ2n) is 2.90. The lowest BCUT2D eigenvalue weighted by molar-refractivity contribution is 0.415. The Bertz CT molecular complexity index is 372. The molecule has 2 rings (SSSR count). The number of anilines is 1. The van der Waals surface area contributed by atoms with E-state index in [0.717, 1.165) is 18.0 Å². The minimum atomic E-state index is 0.621. The first-order chi connectivity index (χ1) is 6.81. The lowest BCUT2D eigenvalue weighted by Gasteiger charge is -2.16. The molecule has 0 bridgehead atoms. The van der Waals surface area contributed by atoms with Crippen molar-refractivity contribution in [2.75, 3.05) is 18.6 Å².